The van der Waals surface area contributed by atoms with Gasteiger partial charge in [-0.2, -0.15) is 0 Å². The van der Waals surface area contributed by atoms with Crippen LogP contribution in [0.1, 0.15) is 43.4 Å². The van der Waals surface area contributed by atoms with E-state index in [2.05, 4.69) is 39.9 Å². The zero-order valence-corrected chi connectivity index (χ0v) is 21.3. The molecule has 8 heteroatoms. The Morgan fingerprint density at radius 2 is 1.92 bits per heavy atom. The van der Waals surface area contributed by atoms with Crippen LogP contribution in [0.25, 0.3) is 21.3 Å². The number of aromatic nitrogens is 1. The van der Waals surface area contributed by atoms with E-state index in [0.29, 0.717) is 24.0 Å². The summed E-state index contributed by atoms with van der Waals surface area (Å²) >= 11 is 1.47. The van der Waals surface area contributed by atoms with Gasteiger partial charge in [0.25, 0.3) is 0 Å². The summed E-state index contributed by atoms with van der Waals surface area (Å²) in [5.74, 6) is 0.248. The molecule has 1 aliphatic carbocycles. The molecule has 188 valence electrons. The largest absolute Gasteiger partial charge is 0.331 e. The second kappa shape index (κ2) is 9.59. The van der Waals surface area contributed by atoms with E-state index < -0.39 is 0 Å². The van der Waals surface area contributed by atoms with E-state index in [-0.39, 0.29) is 23.8 Å². The summed E-state index contributed by atoms with van der Waals surface area (Å²) in [7, 11) is 0. The number of rotatable bonds is 6. The highest BCUT2D eigenvalue weighted by molar-refractivity contribution is 7.22. The third-order valence-corrected chi connectivity index (χ3v) is 7.99. The summed E-state index contributed by atoms with van der Waals surface area (Å²) in [4.78, 5) is 31.7. The van der Waals surface area contributed by atoms with Crippen molar-refractivity contribution < 1.29 is 14.0 Å². The van der Waals surface area contributed by atoms with E-state index in [0.717, 1.165) is 57.4 Å². The normalized spacial score (nSPS) is 15.5. The van der Waals surface area contributed by atoms with E-state index in [4.69, 9.17) is 0 Å². The lowest BCUT2D eigenvalue weighted by atomic mass is 10.0. The summed E-state index contributed by atoms with van der Waals surface area (Å²) in [6.07, 6.45) is 3.64. The zero-order chi connectivity index (χ0) is 25.5. The van der Waals surface area contributed by atoms with Gasteiger partial charge >= 0.3 is 6.03 Å². The molecule has 1 saturated carbocycles. The van der Waals surface area contributed by atoms with E-state index in [9.17, 15) is 14.0 Å². The van der Waals surface area contributed by atoms with Gasteiger partial charge in [0.15, 0.2) is 5.13 Å². The zero-order valence-electron chi connectivity index (χ0n) is 20.5. The van der Waals surface area contributed by atoms with Gasteiger partial charge in [-0.3, -0.25) is 9.69 Å². The number of hydrogen-bond acceptors (Lipinski definition) is 4. The second-order valence-corrected chi connectivity index (χ2v) is 10.9. The highest BCUT2D eigenvalue weighted by Gasteiger charge is 2.27. The minimum Gasteiger partial charge on any atom is -0.331 e. The molecule has 1 fully saturated rings. The number of benzene rings is 3. The molecule has 0 bridgehead atoms. The van der Waals surface area contributed by atoms with Gasteiger partial charge in [-0.15, -0.1) is 0 Å². The van der Waals surface area contributed by atoms with Gasteiger partial charge in [0, 0.05) is 18.7 Å². The van der Waals surface area contributed by atoms with Crippen molar-refractivity contribution in [2.24, 2.45) is 5.92 Å². The van der Waals surface area contributed by atoms with Crippen LogP contribution in [0.4, 0.5) is 20.0 Å². The molecule has 1 atom stereocenters. The van der Waals surface area contributed by atoms with Crippen molar-refractivity contribution in [1.29, 1.82) is 0 Å². The first-order chi connectivity index (χ1) is 17.9. The topological polar surface area (TPSA) is 74.3 Å². The summed E-state index contributed by atoms with van der Waals surface area (Å²) in [6, 6.07) is 18.1. The average Bonchev–Trinajstić information content (AvgIpc) is 3.44. The number of amides is 3. The van der Waals surface area contributed by atoms with E-state index in [1.165, 1.54) is 23.5 Å². The standard InChI is InChI=1S/C29H27FN4O2S/c1-17(20-3-2-4-23(30)14-20)31-29(36)34-12-11-19-7-8-21(15-25(19)34)22-9-10-24-26(16-22)37-28(32-24)33-27(35)13-18-5-6-18/h2-4,7-10,14-18H,5-6,11-13H2,1H3,(H,31,36)(H,32,33,35)/t17-/m0/s1. The van der Waals surface area contributed by atoms with Crippen molar-refractivity contribution >= 4 is 44.3 Å². The number of carbonyl (C=O) groups excluding carboxylic acids is 2. The summed E-state index contributed by atoms with van der Waals surface area (Å²) in [6.45, 7) is 2.45. The van der Waals surface area contributed by atoms with E-state index in [1.54, 1.807) is 11.0 Å². The molecule has 6 rings (SSSR count). The number of nitrogens with one attached hydrogen (secondary N) is 2. The first-order valence-electron chi connectivity index (χ1n) is 12.6. The lowest BCUT2D eigenvalue weighted by molar-refractivity contribution is -0.116. The third-order valence-electron chi connectivity index (χ3n) is 7.05. The Bertz CT molecular complexity index is 1510. The summed E-state index contributed by atoms with van der Waals surface area (Å²) < 4.78 is 14.6. The Balaban J connectivity index is 1.20. The van der Waals surface area contributed by atoms with E-state index >= 15 is 0 Å². The fourth-order valence-corrected chi connectivity index (χ4v) is 5.73. The number of carbonyl (C=O) groups is 2. The first kappa shape index (κ1) is 23.6. The van der Waals surface area contributed by atoms with Crippen LogP contribution in [0.15, 0.2) is 60.7 Å². The molecule has 3 aromatic carbocycles. The number of hydrogen-bond donors (Lipinski definition) is 2. The maximum atomic E-state index is 13.6. The molecule has 2 N–H and O–H groups in total. The third kappa shape index (κ3) is 5.06. The van der Waals surface area contributed by atoms with Crippen molar-refractivity contribution in [3.05, 3.63) is 77.6 Å². The van der Waals surface area contributed by atoms with Crippen molar-refractivity contribution in [1.82, 2.24) is 10.3 Å². The fraction of sp³-hybridized carbons (Fsp3) is 0.276. The van der Waals surface area contributed by atoms with Gasteiger partial charge in [0.05, 0.1) is 16.3 Å². The molecule has 0 radical (unpaired) electrons. The Hall–Kier alpha value is -3.78. The van der Waals surface area contributed by atoms with Crippen molar-refractivity contribution in [3.63, 3.8) is 0 Å². The fourth-order valence-electron chi connectivity index (χ4n) is 4.80. The van der Waals surface area contributed by atoms with Gasteiger partial charge in [0.2, 0.25) is 5.91 Å². The molecule has 2 aliphatic rings. The van der Waals surface area contributed by atoms with Gasteiger partial charge in [0.1, 0.15) is 5.82 Å². The Labute approximate surface area is 218 Å². The molecule has 6 nitrogen and oxygen atoms in total. The van der Waals surface area contributed by atoms with Gasteiger partial charge in [-0.25, -0.2) is 14.2 Å². The number of urea groups is 1. The monoisotopic (exact) mass is 514 g/mol. The number of fused-ring (bicyclic) bond motifs is 2. The Kier molecular flexibility index (Phi) is 6.12. The van der Waals surface area contributed by atoms with Crippen LogP contribution in [0.2, 0.25) is 0 Å². The molecule has 0 spiro atoms. The quantitative estimate of drug-likeness (QED) is 0.302. The molecule has 0 unspecified atom stereocenters. The van der Waals surface area contributed by atoms with Crippen LogP contribution in [0, 0.1) is 11.7 Å². The molecule has 37 heavy (non-hydrogen) atoms. The number of nitrogens with zero attached hydrogens (tertiary/aromatic N) is 2. The van der Waals surface area contributed by atoms with Crippen LogP contribution in [0.5, 0.6) is 0 Å². The maximum Gasteiger partial charge on any atom is 0.322 e. The number of thiazole rings is 1. The highest BCUT2D eigenvalue weighted by Crippen LogP contribution is 2.36. The Morgan fingerprint density at radius 3 is 2.73 bits per heavy atom. The Morgan fingerprint density at radius 1 is 1.11 bits per heavy atom. The lowest BCUT2D eigenvalue weighted by Crippen LogP contribution is -2.40. The minimum absolute atomic E-state index is 0.0329. The van der Waals surface area contributed by atoms with Crippen molar-refractivity contribution in [3.8, 4) is 11.1 Å². The van der Waals surface area contributed by atoms with Gasteiger partial charge in [-0.1, -0.05) is 41.7 Å². The lowest BCUT2D eigenvalue weighted by Gasteiger charge is -2.22. The summed E-state index contributed by atoms with van der Waals surface area (Å²) in [5.41, 5.74) is 5.61. The van der Waals surface area contributed by atoms with Crippen LogP contribution in [0.3, 0.4) is 0 Å². The number of halogens is 1. The van der Waals surface area contributed by atoms with Gasteiger partial charge < -0.3 is 10.6 Å². The highest BCUT2D eigenvalue weighted by atomic mass is 32.1. The molecular weight excluding hydrogens is 487 g/mol. The number of anilines is 2. The van der Waals surface area contributed by atoms with Crippen molar-refractivity contribution in [2.75, 3.05) is 16.8 Å². The first-order valence-corrected chi connectivity index (χ1v) is 13.4. The predicted molar refractivity (Wildman–Crippen MR) is 145 cm³/mol. The van der Waals surface area contributed by atoms with Crippen LogP contribution >= 0.6 is 11.3 Å². The summed E-state index contributed by atoms with van der Waals surface area (Å²) in [5, 5.41) is 6.57. The smallest absolute Gasteiger partial charge is 0.322 e. The van der Waals surface area contributed by atoms with Crippen LogP contribution in [-0.4, -0.2) is 23.5 Å². The predicted octanol–water partition coefficient (Wildman–Crippen LogP) is 6.67. The van der Waals surface area contributed by atoms with Gasteiger partial charge in [-0.05, 0) is 84.7 Å². The van der Waals surface area contributed by atoms with Crippen LogP contribution in [-0.2, 0) is 11.2 Å². The van der Waals surface area contributed by atoms with E-state index in [1.807, 2.05) is 25.1 Å². The molecule has 2 heterocycles. The SMILES string of the molecule is C[C@H](NC(=O)N1CCc2ccc(-c3ccc4nc(NC(=O)CC5CC5)sc4c3)cc21)c1cccc(F)c1. The molecule has 3 amide bonds. The second-order valence-electron chi connectivity index (χ2n) is 9.87. The minimum atomic E-state index is -0.319. The van der Waals surface area contributed by atoms with Crippen LogP contribution < -0.4 is 15.5 Å². The molecule has 1 aromatic heterocycles. The molecule has 1 aliphatic heterocycles. The molecule has 0 saturated heterocycles. The maximum absolute atomic E-state index is 13.6. The molecule has 4 aromatic rings. The average molecular weight is 515 g/mol. The molecular formula is C29H27FN4O2S. The van der Waals surface area contributed by atoms with Crippen molar-refractivity contribution in [2.45, 2.75) is 38.6 Å².